The van der Waals surface area contributed by atoms with Crippen LogP contribution in [0.15, 0.2) is 91.0 Å². The molecule has 0 saturated heterocycles. The summed E-state index contributed by atoms with van der Waals surface area (Å²) in [5.41, 5.74) is 1.51. The molecule has 3 aromatic rings. The molecule has 0 bridgehead atoms. The number of hydrogen-bond acceptors (Lipinski definition) is 3. The SMILES string of the molecule is O=C(NCC(NC(=O)c1ccccc1)C(=O)Nc1ccccc1)c1ccccc1. The van der Waals surface area contributed by atoms with Crippen LogP contribution in [0.25, 0.3) is 0 Å². The Morgan fingerprint density at radius 1 is 0.655 bits per heavy atom. The summed E-state index contributed by atoms with van der Waals surface area (Å²) in [5.74, 6) is -1.14. The molecule has 146 valence electrons. The van der Waals surface area contributed by atoms with Gasteiger partial charge in [0.05, 0.1) is 0 Å². The maximum absolute atomic E-state index is 12.8. The molecule has 3 aromatic carbocycles. The van der Waals surface area contributed by atoms with Crippen molar-refractivity contribution in [2.45, 2.75) is 6.04 Å². The van der Waals surface area contributed by atoms with Crippen molar-refractivity contribution in [2.24, 2.45) is 0 Å². The van der Waals surface area contributed by atoms with Crippen molar-refractivity contribution < 1.29 is 14.4 Å². The van der Waals surface area contributed by atoms with Crippen molar-refractivity contribution in [1.29, 1.82) is 0 Å². The Kier molecular flexibility index (Phi) is 6.73. The Labute approximate surface area is 169 Å². The Morgan fingerprint density at radius 2 is 1.14 bits per heavy atom. The van der Waals surface area contributed by atoms with Gasteiger partial charge >= 0.3 is 0 Å². The highest BCUT2D eigenvalue weighted by Gasteiger charge is 2.22. The number of amides is 3. The normalized spacial score (nSPS) is 11.2. The van der Waals surface area contributed by atoms with E-state index < -0.39 is 17.9 Å². The molecule has 0 radical (unpaired) electrons. The first-order valence-corrected chi connectivity index (χ1v) is 9.18. The second-order valence-corrected chi connectivity index (χ2v) is 6.32. The molecule has 1 atom stereocenters. The van der Waals surface area contributed by atoms with Gasteiger partial charge in [0.15, 0.2) is 0 Å². The smallest absolute Gasteiger partial charge is 0.251 e. The van der Waals surface area contributed by atoms with Gasteiger partial charge < -0.3 is 16.0 Å². The zero-order valence-corrected chi connectivity index (χ0v) is 15.7. The van der Waals surface area contributed by atoms with Crippen molar-refractivity contribution in [2.75, 3.05) is 11.9 Å². The summed E-state index contributed by atoms with van der Waals surface area (Å²) in [6.07, 6.45) is 0. The molecular weight excluding hydrogens is 366 g/mol. The van der Waals surface area contributed by atoms with E-state index in [2.05, 4.69) is 16.0 Å². The summed E-state index contributed by atoms with van der Waals surface area (Å²) >= 11 is 0. The van der Waals surface area contributed by atoms with Crippen LogP contribution in [0.5, 0.6) is 0 Å². The van der Waals surface area contributed by atoms with E-state index in [4.69, 9.17) is 0 Å². The molecular formula is C23H21N3O3. The first kappa shape index (κ1) is 19.8. The topological polar surface area (TPSA) is 87.3 Å². The molecule has 0 heterocycles. The van der Waals surface area contributed by atoms with Crippen LogP contribution in [0.3, 0.4) is 0 Å². The fourth-order valence-electron chi connectivity index (χ4n) is 2.68. The van der Waals surface area contributed by atoms with E-state index in [-0.39, 0.29) is 12.5 Å². The number of nitrogens with one attached hydrogen (secondary N) is 3. The summed E-state index contributed by atoms with van der Waals surface area (Å²) in [6, 6.07) is 25.3. The van der Waals surface area contributed by atoms with Crippen LogP contribution in [-0.4, -0.2) is 30.3 Å². The largest absolute Gasteiger partial charge is 0.349 e. The molecule has 6 heteroatoms. The van der Waals surface area contributed by atoms with Crippen LogP contribution in [0.4, 0.5) is 5.69 Å². The van der Waals surface area contributed by atoms with Gasteiger partial charge in [0.25, 0.3) is 11.8 Å². The molecule has 0 aromatic heterocycles. The Balaban J connectivity index is 1.70. The van der Waals surface area contributed by atoms with Gasteiger partial charge in [-0.3, -0.25) is 14.4 Å². The quantitative estimate of drug-likeness (QED) is 0.583. The fraction of sp³-hybridized carbons (Fsp3) is 0.0870. The molecule has 29 heavy (non-hydrogen) atoms. The lowest BCUT2D eigenvalue weighted by Gasteiger charge is -2.19. The van der Waals surface area contributed by atoms with Gasteiger partial charge in [-0.25, -0.2) is 0 Å². The summed E-state index contributed by atoms with van der Waals surface area (Å²) in [7, 11) is 0. The number of anilines is 1. The predicted octanol–water partition coefficient (Wildman–Crippen LogP) is 2.85. The van der Waals surface area contributed by atoms with Crippen molar-refractivity contribution in [1.82, 2.24) is 10.6 Å². The molecule has 0 aliphatic rings. The summed E-state index contributed by atoms with van der Waals surface area (Å²) < 4.78 is 0. The molecule has 3 rings (SSSR count). The predicted molar refractivity (Wildman–Crippen MR) is 112 cm³/mol. The molecule has 0 fully saturated rings. The lowest BCUT2D eigenvalue weighted by Crippen LogP contribution is -2.50. The highest BCUT2D eigenvalue weighted by Crippen LogP contribution is 2.07. The van der Waals surface area contributed by atoms with Gasteiger partial charge in [0.2, 0.25) is 5.91 Å². The van der Waals surface area contributed by atoms with Gasteiger partial charge in [-0.05, 0) is 36.4 Å². The number of para-hydroxylation sites is 1. The second kappa shape index (κ2) is 9.85. The Hall–Kier alpha value is -3.93. The van der Waals surface area contributed by atoms with Crippen LogP contribution >= 0.6 is 0 Å². The fourth-order valence-corrected chi connectivity index (χ4v) is 2.68. The standard InChI is InChI=1S/C23H21N3O3/c27-21(17-10-4-1-5-11-17)24-16-20(23(29)25-19-14-8-3-9-15-19)26-22(28)18-12-6-2-7-13-18/h1-15,20H,16H2,(H,24,27)(H,25,29)(H,26,28). The number of benzene rings is 3. The van der Waals surface area contributed by atoms with Gasteiger partial charge in [0, 0.05) is 23.4 Å². The van der Waals surface area contributed by atoms with Crippen molar-refractivity contribution in [3.63, 3.8) is 0 Å². The average molecular weight is 387 g/mol. The third-order valence-corrected chi connectivity index (χ3v) is 4.20. The maximum atomic E-state index is 12.8. The van der Waals surface area contributed by atoms with Crippen LogP contribution in [0, 0.1) is 0 Å². The highest BCUT2D eigenvalue weighted by atomic mass is 16.2. The van der Waals surface area contributed by atoms with Gasteiger partial charge in [-0.15, -0.1) is 0 Å². The Morgan fingerprint density at radius 3 is 1.69 bits per heavy atom. The van der Waals surface area contributed by atoms with Gasteiger partial charge in [-0.1, -0.05) is 54.6 Å². The minimum absolute atomic E-state index is 0.0506. The number of hydrogen-bond donors (Lipinski definition) is 3. The maximum Gasteiger partial charge on any atom is 0.251 e. The molecule has 0 saturated carbocycles. The van der Waals surface area contributed by atoms with Crippen molar-refractivity contribution >= 4 is 23.4 Å². The van der Waals surface area contributed by atoms with Crippen LogP contribution in [0.1, 0.15) is 20.7 Å². The van der Waals surface area contributed by atoms with E-state index in [9.17, 15) is 14.4 Å². The van der Waals surface area contributed by atoms with E-state index in [0.717, 1.165) is 0 Å². The lowest BCUT2D eigenvalue weighted by atomic mass is 10.1. The minimum Gasteiger partial charge on any atom is -0.349 e. The third-order valence-electron chi connectivity index (χ3n) is 4.20. The van der Waals surface area contributed by atoms with E-state index in [0.29, 0.717) is 16.8 Å². The highest BCUT2D eigenvalue weighted by molar-refractivity contribution is 6.02. The van der Waals surface area contributed by atoms with E-state index in [1.165, 1.54) is 0 Å². The Bertz CT molecular complexity index is 960. The average Bonchev–Trinajstić information content (AvgIpc) is 2.78. The summed E-state index contributed by atoms with van der Waals surface area (Å²) in [5, 5.41) is 8.16. The molecule has 3 N–H and O–H groups in total. The molecule has 0 aliphatic heterocycles. The van der Waals surface area contributed by atoms with Gasteiger partial charge in [0.1, 0.15) is 6.04 Å². The number of carbonyl (C=O) groups excluding carboxylic acids is 3. The monoisotopic (exact) mass is 387 g/mol. The molecule has 0 aliphatic carbocycles. The van der Waals surface area contributed by atoms with Crippen LogP contribution in [0.2, 0.25) is 0 Å². The molecule has 0 spiro atoms. The van der Waals surface area contributed by atoms with E-state index in [1.807, 2.05) is 12.1 Å². The number of rotatable bonds is 7. The lowest BCUT2D eigenvalue weighted by molar-refractivity contribution is -0.117. The van der Waals surface area contributed by atoms with Crippen molar-refractivity contribution in [3.05, 3.63) is 102 Å². The second-order valence-electron chi connectivity index (χ2n) is 6.32. The molecule has 6 nitrogen and oxygen atoms in total. The molecule has 3 amide bonds. The van der Waals surface area contributed by atoms with E-state index in [1.54, 1.807) is 78.9 Å². The van der Waals surface area contributed by atoms with E-state index >= 15 is 0 Å². The van der Waals surface area contributed by atoms with Crippen molar-refractivity contribution in [3.8, 4) is 0 Å². The zero-order valence-electron chi connectivity index (χ0n) is 15.7. The first-order valence-electron chi connectivity index (χ1n) is 9.18. The molecule has 1 unspecified atom stereocenters. The minimum atomic E-state index is -0.949. The van der Waals surface area contributed by atoms with Gasteiger partial charge in [-0.2, -0.15) is 0 Å². The third kappa shape index (κ3) is 5.77. The first-order chi connectivity index (χ1) is 14.1. The number of carbonyl (C=O) groups is 3. The van der Waals surface area contributed by atoms with Crippen LogP contribution in [-0.2, 0) is 4.79 Å². The zero-order chi connectivity index (χ0) is 20.5. The van der Waals surface area contributed by atoms with Crippen LogP contribution < -0.4 is 16.0 Å². The summed E-state index contributed by atoms with van der Waals surface area (Å²) in [4.78, 5) is 37.6. The summed E-state index contributed by atoms with van der Waals surface area (Å²) in [6.45, 7) is -0.0506.